The van der Waals surface area contributed by atoms with Crippen LogP contribution in [0.25, 0.3) is 0 Å². The predicted octanol–water partition coefficient (Wildman–Crippen LogP) is 1.95. The van der Waals surface area contributed by atoms with Crippen LogP contribution in [-0.4, -0.2) is 21.0 Å². The maximum atomic E-state index is 5.48. The van der Waals surface area contributed by atoms with Crippen molar-refractivity contribution < 1.29 is 0 Å². The minimum atomic E-state index is 0.243. The number of aryl methyl sites for hydroxylation is 1. The van der Waals surface area contributed by atoms with Gasteiger partial charge in [0.15, 0.2) is 0 Å². The highest BCUT2D eigenvalue weighted by Crippen LogP contribution is 2.13. The summed E-state index contributed by atoms with van der Waals surface area (Å²) in [5, 5.41) is 5.30. The van der Waals surface area contributed by atoms with E-state index in [1.54, 1.807) is 11.3 Å². The first kappa shape index (κ1) is 11.8. The number of hydrogen-bond donors (Lipinski definition) is 2. The van der Waals surface area contributed by atoms with Crippen molar-refractivity contribution in [1.82, 2.24) is 15.0 Å². The lowest BCUT2D eigenvalue weighted by Gasteiger charge is -2.12. The number of hydrogen-bond acceptors (Lipinski definition) is 6. The van der Waals surface area contributed by atoms with Crippen LogP contribution < -0.4 is 11.1 Å². The van der Waals surface area contributed by atoms with Crippen molar-refractivity contribution in [2.24, 2.45) is 0 Å². The molecular weight excluding hydrogens is 234 g/mol. The van der Waals surface area contributed by atoms with Gasteiger partial charge in [-0.2, -0.15) is 4.98 Å². The van der Waals surface area contributed by atoms with Crippen molar-refractivity contribution in [2.45, 2.75) is 25.8 Å². The van der Waals surface area contributed by atoms with Crippen LogP contribution in [-0.2, 0) is 6.42 Å². The standard InChI is InChI=1S/C11H15N5S/c1-8(4-5-9-3-2-6-17-9)15-11-14-7-13-10(12)16-11/h2-3,6-8H,4-5H2,1H3,(H3,12,13,14,15,16). The molecule has 0 saturated heterocycles. The SMILES string of the molecule is CC(CCc1cccs1)Nc1ncnc(N)n1. The lowest BCUT2D eigenvalue weighted by atomic mass is 10.1. The summed E-state index contributed by atoms with van der Waals surface area (Å²) in [5.74, 6) is 0.782. The van der Waals surface area contributed by atoms with Gasteiger partial charge in [0.2, 0.25) is 11.9 Å². The Balaban J connectivity index is 1.83. The third-order valence-electron chi connectivity index (χ3n) is 2.37. The number of nitrogens with two attached hydrogens (primary N) is 1. The molecule has 2 rings (SSSR count). The highest BCUT2D eigenvalue weighted by atomic mass is 32.1. The van der Waals surface area contributed by atoms with Gasteiger partial charge in [-0.3, -0.25) is 0 Å². The second kappa shape index (κ2) is 5.58. The molecule has 1 unspecified atom stereocenters. The molecule has 0 fully saturated rings. The first-order valence-corrected chi connectivity index (χ1v) is 6.35. The van der Waals surface area contributed by atoms with Crippen molar-refractivity contribution in [1.29, 1.82) is 0 Å². The Morgan fingerprint density at radius 1 is 1.47 bits per heavy atom. The highest BCUT2D eigenvalue weighted by molar-refractivity contribution is 7.09. The van der Waals surface area contributed by atoms with E-state index < -0.39 is 0 Å². The van der Waals surface area contributed by atoms with E-state index in [4.69, 9.17) is 5.73 Å². The molecule has 2 aromatic heterocycles. The number of nitrogens with one attached hydrogen (secondary N) is 1. The molecule has 1 atom stereocenters. The van der Waals surface area contributed by atoms with Crippen LogP contribution in [0.15, 0.2) is 23.8 Å². The van der Waals surface area contributed by atoms with Gasteiger partial charge in [0.1, 0.15) is 6.33 Å². The van der Waals surface area contributed by atoms with Crippen LogP contribution in [0, 0.1) is 0 Å². The average Bonchev–Trinajstić information content (AvgIpc) is 2.79. The van der Waals surface area contributed by atoms with Gasteiger partial charge >= 0.3 is 0 Å². The van der Waals surface area contributed by atoms with Crippen LogP contribution in [0.1, 0.15) is 18.2 Å². The van der Waals surface area contributed by atoms with Crippen LogP contribution in [0.5, 0.6) is 0 Å². The van der Waals surface area contributed by atoms with Crippen molar-refractivity contribution in [3.8, 4) is 0 Å². The normalized spacial score (nSPS) is 12.3. The van der Waals surface area contributed by atoms with Gasteiger partial charge in [-0.05, 0) is 31.2 Å². The fourth-order valence-electron chi connectivity index (χ4n) is 1.48. The maximum absolute atomic E-state index is 5.48. The van der Waals surface area contributed by atoms with E-state index in [9.17, 15) is 0 Å². The zero-order chi connectivity index (χ0) is 12.1. The van der Waals surface area contributed by atoms with Crippen LogP contribution in [0.4, 0.5) is 11.9 Å². The van der Waals surface area contributed by atoms with E-state index in [0.717, 1.165) is 12.8 Å². The van der Waals surface area contributed by atoms with Gasteiger partial charge in [-0.25, -0.2) is 9.97 Å². The number of anilines is 2. The van der Waals surface area contributed by atoms with Gasteiger partial charge in [0.05, 0.1) is 0 Å². The summed E-state index contributed by atoms with van der Waals surface area (Å²) in [4.78, 5) is 13.2. The molecule has 6 heteroatoms. The number of aromatic nitrogens is 3. The van der Waals surface area contributed by atoms with Gasteiger partial charge < -0.3 is 11.1 Å². The summed E-state index contributed by atoms with van der Waals surface area (Å²) in [7, 11) is 0. The van der Waals surface area contributed by atoms with E-state index in [0.29, 0.717) is 12.0 Å². The van der Waals surface area contributed by atoms with E-state index in [2.05, 4.69) is 44.7 Å². The Kier molecular flexibility index (Phi) is 3.87. The fraction of sp³-hybridized carbons (Fsp3) is 0.364. The average molecular weight is 249 g/mol. The Labute approximate surface area is 104 Å². The van der Waals surface area contributed by atoms with Crippen LogP contribution in [0.2, 0.25) is 0 Å². The molecule has 0 aliphatic rings. The van der Waals surface area contributed by atoms with Crippen molar-refractivity contribution in [3.05, 3.63) is 28.7 Å². The quantitative estimate of drug-likeness (QED) is 0.847. The molecule has 17 heavy (non-hydrogen) atoms. The number of thiophene rings is 1. The molecule has 0 radical (unpaired) electrons. The summed E-state index contributed by atoms with van der Waals surface area (Å²) in [6, 6.07) is 4.53. The van der Waals surface area contributed by atoms with E-state index in [1.165, 1.54) is 11.2 Å². The van der Waals surface area contributed by atoms with Crippen molar-refractivity contribution in [2.75, 3.05) is 11.1 Å². The maximum Gasteiger partial charge on any atom is 0.227 e. The third-order valence-corrected chi connectivity index (χ3v) is 3.31. The molecule has 90 valence electrons. The molecule has 0 bridgehead atoms. The minimum absolute atomic E-state index is 0.243. The third kappa shape index (κ3) is 3.67. The Hall–Kier alpha value is -1.69. The largest absolute Gasteiger partial charge is 0.368 e. The lowest BCUT2D eigenvalue weighted by Crippen LogP contribution is -2.18. The molecule has 0 amide bonds. The van der Waals surface area contributed by atoms with Crippen molar-refractivity contribution >= 4 is 23.2 Å². The first-order chi connectivity index (χ1) is 8.24. The fourth-order valence-corrected chi connectivity index (χ4v) is 2.21. The second-order valence-electron chi connectivity index (χ2n) is 3.83. The van der Waals surface area contributed by atoms with E-state index in [1.807, 2.05) is 0 Å². The Morgan fingerprint density at radius 3 is 3.06 bits per heavy atom. The summed E-state index contributed by atoms with van der Waals surface area (Å²) < 4.78 is 0. The molecule has 0 spiro atoms. The van der Waals surface area contributed by atoms with Gasteiger partial charge in [0.25, 0.3) is 0 Å². The number of nitrogen functional groups attached to an aromatic ring is 1. The van der Waals surface area contributed by atoms with Crippen LogP contribution in [0.3, 0.4) is 0 Å². The molecule has 3 N–H and O–H groups in total. The topological polar surface area (TPSA) is 76.7 Å². The van der Waals surface area contributed by atoms with Crippen LogP contribution >= 0.6 is 11.3 Å². The molecule has 0 saturated carbocycles. The van der Waals surface area contributed by atoms with Gasteiger partial charge in [0, 0.05) is 10.9 Å². The Bertz CT molecular complexity index is 457. The second-order valence-corrected chi connectivity index (χ2v) is 4.86. The highest BCUT2D eigenvalue weighted by Gasteiger charge is 2.05. The molecule has 5 nitrogen and oxygen atoms in total. The molecule has 2 heterocycles. The first-order valence-electron chi connectivity index (χ1n) is 5.47. The number of nitrogens with zero attached hydrogens (tertiary/aromatic N) is 3. The molecule has 0 aliphatic heterocycles. The van der Waals surface area contributed by atoms with Gasteiger partial charge in [-0.15, -0.1) is 11.3 Å². The monoisotopic (exact) mass is 249 g/mol. The summed E-state index contributed by atoms with van der Waals surface area (Å²) in [6.45, 7) is 2.10. The predicted molar refractivity (Wildman–Crippen MR) is 70.0 cm³/mol. The van der Waals surface area contributed by atoms with Crippen molar-refractivity contribution in [3.63, 3.8) is 0 Å². The molecular formula is C11H15N5S. The zero-order valence-corrected chi connectivity index (χ0v) is 10.4. The summed E-state index contributed by atoms with van der Waals surface area (Å²) in [6.07, 6.45) is 3.51. The molecule has 0 aliphatic carbocycles. The molecule has 0 aromatic carbocycles. The Morgan fingerprint density at radius 2 is 2.35 bits per heavy atom. The smallest absolute Gasteiger partial charge is 0.227 e. The molecule has 2 aromatic rings. The van der Waals surface area contributed by atoms with E-state index >= 15 is 0 Å². The lowest BCUT2D eigenvalue weighted by molar-refractivity contribution is 0.703. The van der Waals surface area contributed by atoms with E-state index in [-0.39, 0.29) is 5.95 Å². The summed E-state index contributed by atoms with van der Waals surface area (Å²) in [5.41, 5.74) is 5.48. The number of rotatable bonds is 5. The summed E-state index contributed by atoms with van der Waals surface area (Å²) >= 11 is 1.78. The zero-order valence-electron chi connectivity index (χ0n) is 9.63. The minimum Gasteiger partial charge on any atom is -0.368 e. The van der Waals surface area contributed by atoms with Gasteiger partial charge in [-0.1, -0.05) is 6.07 Å².